The van der Waals surface area contributed by atoms with Gasteiger partial charge in [0.05, 0.1) is 5.56 Å². The Morgan fingerprint density at radius 3 is 2.11 bits per heavy atom. The van der Waals surface area contributed by atoms with Gasteiger partial charge in [0, 0.05) is 38.6 Å². The molecule has 3 heterocycles. The fourth-order valence-corrected chi connectivity index (χ4v) is 2.79. The van der Waals surface area contributed by atoms with E-state index in [0.717, 1.165) is 45.0 Å². The molecule has 1 aromatic heterocycles. The summed E-state index contributed by atoms with van der Waals surface area (Å²) in [5.74, 6) is 0.834. The van der Waals surface area contributed by atoms with Crippen LogP contribution in [0.5, 0.6) is 0 Å². The Hall–Kier alpha value is -1.65. The van der Waals surface area contributed by atoms with Crippen molar-refractivity contribution in [2.24, 2.45) is 0 Å². The lowest BCUT2D eigenvalue weighted by Crippen LogP contribution is -2.35. The lowest BCUT2D eigenvalue weighted by molar-refractivity contribution is 0.0723. The summed E-state index contributed by atoms with van der Waals surface area (Å²) in [4.78, 5) is 25.0. The largest absolute Gasteiger partial charge is 0.341 e. The Morgan fingerprint density at radius 2 is 1.47 bits per heavy atom. The highest BCUT2D eigenvalue weighted by Gasteiger charge is 2.20. The highest BCUT2D eigenvalue weighted by Crippen LogP contribution is 2.16. The second-order valence-electron chi connectivity index (χ2n) is 5.32. The Labute approximate surface area is 113 Å². The average molecular weight is 260 g/mol. The van der Waals surface area contributed by atoms with Gasteiger partial charge in [0.15, 0.2) is 0 Å². The number of rotatable bonds is 2. The first-order valence-electron chi connectivity index (χ1n) is 7.21. The minimum Gasteiger partial charge on any atom is -0.341 e. The zero-order valence-corrected chi connectivity index (χ0v) is 11.2. The molecule has 19 heavy (non-hydrogen) atoms. The summed E-state index contributed by atoms with van der Waals surface area (Å²) in [7, 11) is 0. The van der Waals surface area contributed by atoms with Gasteiger partial charge < -0.3 is 9.80 Å². The van der Waals surface area contributed by atoms with Crippen molar-refractivity contribution in [3.8, 4) is 0 Å². The number of nitrogens with zero attached hydrogens (tertiary/aromatic N) is 4. The highest BCUT2D eigenvalue weighted by atomic mass is 16.2. The molecule has 0 N–H and O–H groups in total. The second-order valence-corrected chi connectivity index (χ2v) is 5.32. The van der Waals surface area contributed by atoms with Crippen LogP contribution in [0.25, 0.3) is 0 Å². The first kappa shape index (κ1) is 12.4. The third-order valence-corrected chi connectivity index (χ3v) is 3.92. The Bertz CT molecular complexity index is 433. The minimum absolute atomic E-state index is 0.0765. The normalized spacial score (nSPS) is 19.8. The van der Waals surface area contributed by atoms with Crippen molar-refractivity contribution in [3.05, 3.63) is 18.0 Å². The molecule has 0 atom stereocenters. The van der Waals surface area contributed by atoms with E-state index in [9.17, 15) is 4.79 Å². The summed E-state index contributed by atoms with van der Waals surface area (Å²) in [6, 6.07) is 0. The van der Waals surface area contributed by atoms with Crippen LogP contribution in [0.15, 0.2) is 12.4 Å². The molecule has 0 bridgehead atoms. The van der Waals surface area contributed by atoms with Gasteiger partial charge in [-0.2, -0.15) is 0 Å². The van der Waals surface area contributed by atoms with Crippen LogP contribution in [0.2, 0.25) is 0 Å². The van der Waals surface area contributed by atoms with Crippen LogP contribution in [0.4, 0.5) is 5.95 Å². The van der Waals surface area contributed by atoms with Crippen LogP contribution in [-0.2, 0) is 0 Å². The summed E-state index contributed by atoms with van der Waals surface area (Å²) in [5, 5.41) is 0. The van der Waals surface area contributed by atoms with E-state index in [4.69, 9.17) is 0 Å². The molecule has 3 rings (SSSR count). The Morgan fingerprint density at radius 1 is 0.895 bits per heavy atom. The van der Waals surface area contributed by atoms with E-state index in [-0.39, 0.29) is 5.91 Å². The van der Waals surface area contributed by atoms with Crippen molar-refractivity contribution in [2.75, 3.05) is 31.1 Å². The summed E-state index contributed by atoms with van der Waals surface area (Å²) in [6.07, 6.45) is 9.22. The summed E-state index contributed by atoms with van der Waals surface area (Å²) in [6.45, 7) is 3.79. The zero-order valence-electron chi connectivity index (χ0n) is 11.2. The molecule has 102 valence electrons. The molecule has 0 aromatic carbocycles. The van der Waals surface area contributed by atoms with Crippen LogP contribution in [0.3, 0.4) is 0 Å². The molecule has 0 aliphatic carbocycles. The Balaban J connectivity index is 1.69. The predicted octanol–water partition coefficient (Wildman–Crippen LogP) is 1.70. The van der Waals surface area contributed by atoms with Gasteiger partial charge in [-0.05, 0) is 32.1 Å². The molecule has 5 nitrogen and oxygen atoms in total. The SMILES string of the molecule is O=C(c1cnc(N2CCCC2)nc1)N1CCCCC1. The molecule has 0 radical (unpaired) electrons. The van der Waals surface area contributed by atoms with Gasteiger partial charge in [0.2, 0.25) is 5.95 Å². The maximum absolute atomic E-state index is 12.3. The number of hydrogen-bond donors (Lipinski definition) is 0. The number of amides is 1. The molecule has 0 unspecified atom stereocenters. The number of carbonyl (C=O) groups is 1. The monoisotopic (exact) mass is 260 g/mol. The van der Waals surface area contributed by atoms with Gasteiger partial charge in [-0.15, -0.1) is 0 Å². The number of hydrogen-bond acceptors (Lipinski definition) is 4. The van der Waals surface area contributed by atoms with Crippen LogP contribution < -0.4 is 4.90 Å². The van der Waals surface area contributed by atoms with E-state index in [1.54, 1.807) is 12.4 Å². The minimum atomic E-state index is 0.0765. The van der Waals surface area contributed by atoms with Crippen molar-refractivity contribution >= 4 is 11.9 Å². The fraction of sp³-hybridized carbons (Fsp3) is 0.643. The summed E-state index contributed by atoms with van der Waals surface area (Å²) >= 11 is 0. The molecule has 5 heteroatoms. The Kier molecular flexibility index (Phi) is 3.62. The van der Waals surface area contributed by atoms with Gasteiger partial charge >= 0.3 is 0 Å². The molecule has 0 spiro atoms. The first-order chi connectivity index (χ1) is 9.34. The number of piperidine rings is 1. The third-order valence-electron chi connectivity index (χ3n) is 3.92. The number of anilines is 1. The smallest absolute Gasteiger partial charge is 0.256 e. The van der Waals surface area contributed by atoms with Crippen molar-refractivity contribution in [1.29, 1.82) is 0 Å². The topological polar surface area (TPSA) is 49.3 Å². The van der Waals surface area contributed by atoms with Gasteiger partial charge in [-0.3, -0.25) is 4.79 Å². The van der Waals surface area contributed by atoms with Gasteiger partial charge in [0.25, 0.3) is 5.91 Å². The standard InChI is InChI=1S/C14H20N4O/c19-13(17-6-2-1-3-7-17)12-10-15-14(16-11-12)18-8-4-5-9-18/h10-11H,1-9H2. The van der Waals surface area contributed by atoms with Crippen molar-refractivity contribution in [1.82, 2.24) is 14.9 Å². The van der Waals surface area contributed by atoms with Gasteiger partial charge in [-0.25, -0.2) is 9.97 Å². The number of likely N-dealkylation sites (tertiary alicyclic amines) is 1. The predicted molar refractivity (Wildman–Crippen MR) is 73.2 cm³/mol. The maximum atomic E-state index is 12.3. The third kappa shape index (κ3) is 2.69. The zero-order chi connectivity index (χ0) is 13.1. The van der Waals surface area contributed by atoms with E-state index >= 15 is 0 Å². The van der Waals surface area contributed by atoms with Crippen molar-refractivity contribution < 1.29 is 4.79 Å². The van der Waals surface area contributed by atoms with Crippen LogP contribution in [0, 0.1) is 0 Å². The fourth-order valence-electron chi connectivity index (χ4n) is 2.79. The van der Waals surface area contributed by atoms with Crippen molar-refractivity contribution in [3.63, 3.8) is 0 Å². The van der Waals surface area contributed by atoms with Crippen LogP contribution in [-0.4, -0.2) is 47.0 Å². The van der Waals surface area contributed by atoms with Gasteiger partial charge in [0.1, 0.15) is 0 Å². The van der Waals surface area contributed by atoms with E-state index in [1.807, 2.05) is 4.90 Å². The number of aromatic nitrogens is 2. The lowest BCUT2D eigenvalue weighted by atomic mass is 10.1. The molecular formula is C14H20N4O. The molecule has 2 saturated heterocycles. The van der Waals surface area contributed by atoms with Gasteiger partial charge in [-0.1, -0.05) is 0 Å². The maximum Gasteiger partial charge on any atom is 0.256 e. The molecule has 1 aromatic rings. The molecule has 1 amide bonds. The van der Waals surface area contributed by atoms with Crippen molar-refractivity contribution in [2.45, 2.75) is 32.1 Å². The molecule has 0 saturated carbocycles. The molecule has 2 aliphatic rings. The van der Waals surface area contributed by atoms with Crippen LogP contribution >= 0.6 is 0 Å². The second kappa shape index (κ2) is 5.55. The summed E-state index contributed by atoms with van der Waals surface area (Å²) < 4.78 is 0. The molecule has 2 fully saturated rings. The van der Waals surface area contributed by atoms with E-state index in [0.29, 0.717) is 5.56 Å². The molecule has 2 aliphatic heterocycles. The quantitative estimate of drug-likeness (QED) is 0.812. The van der Waals surface area contributed by atoms with Crippen LogP contribution in [0.1, 0.15) is 42.5 Å². The highest BCUT2D eigenvalue weighted by molar-refractivity contribution is 5.93. The average Bonchev–Trinajstić information content (AvgIpc) is 3.02. The van der Waals surface area contributed by atoms with E-state index < -0.39 is 0 Å². The molecular weight excluding hydrogens is 240 g/mol. The lowest BCUT2D eigenvalue weighted by Gasteiger charge is -2.26. The van der Waals surface area contributed by atoms with E-state index in [2.05, 4.69) is 14.9 Å². The first-order valence-corrected chi connectivity index (χ1v) is 7.21. The number of carbonyl (C=O) groups excluding carboxylic acids is 1. The van der Waals surface area contributed by atoms with E-state index in [1.165, 1.54) is 19.3 Å². The summed E-state index contributed by atoms with van der Waals surface area (Å²) in [5.41, 5.74) is 0.616.